The number of nitrogens with one attached hydrogen (secondary N) is 3. The van der Waals surface area contributed by atoms with Crippen LogP contribution in [0.5, 0.6) is 0 Å². The van der Waals surface area contributed by atoms with Crippen molar-refractivity contribution in [1.82, 2.24) is 15.5 Å². The molecular weight excluding hydrogens is 176 g/mol. The van der Waals surface area contributed by atoms with Crippen LogP contribution < -0.4 is 10.6 Å². The summed E-state index contributed by atoms with van der Waals surface area (Å²) < 4.78 is 0. The average Bonchev–Trinajstić information content (AvgIpc) is 2.76. The largest absolute Gasteiger partial charge is 0.380 e. The van der Waals surface area contributed by atoms with Gasteiger partial charge in [-0.2, -0.15) is 5.10 Å². The van der Waals surface area contributed by atoms with Crippen LogP contribution in [-0.4, -0.2) is 28.8 Å². The molecule has 78 valence electrons. The minimum Gasteiger partial charge on any atom is -0.380 e. The maximum Gasteiger partial charge on any atom is 0.0725 e. The van der Waals surface area contributed by atoms with Crippen molar-refractivity contribution in [3.05, 3.63) is 12.4 Å². The average molecular weight is 194 g/mol. The quantitative estimate of drug-likeness (QED) is 0.678. The molecular formula is C10H18N4. The normalized spacial score (nSPS) is 23.6. The lowest BCUT2D eigenvalue weighted by Crippen LogP contribution is -2.29. The number of H-pyrrole nitrogens is 1. The summed E-state index contributed by atoms with van der Waals surface area (Å²) in [5, 5.41) is 13.6. The third-order valence-electron chi connectivity index (χ3n) is 2.71. The Hall–Kier alpha value is -1.03. The van der Waals surface area contributed by atoms with Crippen molar-refractivity contribution in [2.24, 2.45) is 0 Å². The molecule has 0 spiro atoms. The summed E-state index contributed by atoms with van der Waals surface area (Å²) in [4.78, 5) is 0. The molecule has 4 nitrogen and oxygen atoms in total. The molecule has 1 saturated heterocycles. The first kappa shape index (κ1) is 9.52. The molecule has 0 radical (unpaired) electrons. The van der Waals surface area contributed by atoms with E-state index < -0.39 is 0 Å². The van der Waals surface area contributed by atoms with Gasteiger partial charge >= 0.3 is 0 Å². The number of aromatic nitrogens is 2. The van der Waals surface area contributed by atoms with E-state index in [4.69, 9.17) is 0 Å². The van der Waals surface area contributed by atoms with Gasteiger partial charge in [-0.05, 0) is 32.7 Å². The van der Waals surface area contributed by atoms with Crippen molar-refractivity contribution in [1.29, 1.82) is 0 Å². The molecule has 4 heteroatoms. The predicted octanol–water partition coefficient (Wildman–Crippen LogP) is 1.35. The second-order valence-electron chi connectivity index (χ2n) is 4.06. The van der Waals surface area contributed by atoms with Crippen LogP contribution in [0.25, 0.3) is 0 Å². The highest BCUT2D eigenvalue weighted by molar-refractivity contribution is 5.38. The van der Waals surface area contributed by atoms with Gasteiger partial charge in [0.25, 0.3) is 0 Å². The van der Waals surface area contributed by atoms with Gasteiger partial charge in [0.2, 0.25) is 0 Å². The Kier molecular flexibility index (Phi) is 3.03. The summed E-state index contributed by atoms with van der Waals surface area (Å²) in [5.41, 5.74) is 1.08. The van der Waals surface area contributed by atoms with Crippen LogP contribution in [0, 0.1) is 0 Å². The first-order valence-electron chi connectivity index (χ1n) is 5.33. The highest BCUT2D eigenvalue weighted by Gasteiger charge is 2.16. The molecule has 1 fully saturated rings. The smallest absolute Gasteiger partial charge is 0.0725 e. The lowest BCUT2D eigenvalue weighted by Gasteiger charge is -2.18. The minimum atomic E-state index is 0.503. The van der Waals surface area contributed by atoms with E-state index in [1.165, 1.54) is 25.8 Å². The zero-order valence-corrected chi connectivity index (χ0v) is 8.59. The monoisotopic (exact) mass is 194 g/mol. The van der Waals surface area contributed by atoms with E-state index >= 15 is 0 Å². The minimum absolute atomic E-state index is 0.503. The Bertz CT molecular complexity index is 251. The molecule has 1 aromatic rings. The summed E-state index contributed by atoms with van der Waals surface area (Å²) >= 11 is 0. The molecule has 2 rings (SSSR count). The molecule has 2 heterocycles. The standard InChI is InChI=1S/C10H18N4/c1-8(5-9-3-2-4-11-9)14-10-6-12-13-7-10/h6-9,11,14H,2-5H2,1H3,(H,12,13). The lowest BCUT2D eigenvalue weighted by atomic mass is 10.1. The van der Waals surface area contributed by atoms with Crippen molar-refractivity contribution < 1.29 is 0 Å². The first-order valence-corrected chi connectivity index (χ1v) is 5.33. The van der Waals surface area contributed by atoms with Crippen LogP contribution in [0.15, 0.2) is 12.4 Å². The fraction of sp³-hybridized carbons (Fsp3) is 0.700. The van der Waals surface area contributed by atoms with Gasteiger partial charge in [0, 0.05) is 18.3 Å². The Morgan fingerprint density at radius 3 is 3.29 bits per heavy atom. The third-order valence-corrected chi connectivity index (χ3v) is 2.71. The van der Waals surface area contributed by atoms with Crippen LogP contribution in [0.3, 0.4) is 0 Å². The van der Waals surface area contributed by atoms with Gasteiger partial charge in [-0.25, -0.2) is 0 Å². The van der Waals surface area contributed by atoms with E-state index in [2.05, 4.69) is 27.8 Å². The van der Waals surface area contributed by atoms with Crippen molar-refractivity contribution in [3.8, 4) is 0 Å². The van der Waals surface area contributed by atoms with Gasteiger partial charge in [-0.15, -0.1) is 0 Å². The number of hydrogen-bond acceptors (Lipinski definition) is 3. The Labute approximate surface area is 84.5 Å². The molecule has 1 aliphatic heterocycles. The van der Waals surface area contributed by atoms with E-state index in [1.54, 1.807) is 0 Å². The van der Waals surface area contributed by atoms with E-state index in [9.17, 15) is 0 Å². The van der Waals surface area contributed by atoms with E-state index in [-0.39, 0.29) is 0 Å². The van der Waals surface area contributed by atoms with Gasteiger partial charge in [-0.3, -0.25) is 5.10 Å². The van der Waals surface area contributed by atoms with Crippen LogP contribution in [-0.2, 0) is 0 Å². The topological polar surface area (TPSA) is 52.7 Å². The Morgan fingerprint density at radius 2 is 2.64 bits per heavy atom. The maximum absolute atomic E-state index is 3.90. The summed E-state index contributed by atoms with van der Waals surface area (Å²) in [6, 6.07) is 1.20. The molecule has 2 unspecified atom stereocenters. The molecule has 1 aliphatic rings. The molecule has 3 N–H and O–H groups in total. The van der Waals surface area contributed by atoms with E-state index in [0.29, 0.717) is 12.1 Å². The fourth-order valence-electron chi connectivity index (χ4n) is 2.06. The van der Waals surface area contributed by atoms with Crippen molar-refractivity contribution in [3.63, 3.8) is 0 Å². The number of aromatic amines is 1. The third kappa shape index (κ3) is 2.48. The van der Waals surface area contributed by atoms with Crippen LogP contribution in [0.4, 0.5) is 5.69 Å². The lowest BCUT2D eigenvalue weighted by molar-refractivity contribution is 0.523. The van der Waals surface area contributed by atoms with Crippen molar-refractivity contribution in [2.45, 2.75) is 38.3 Å². The molecule has 0 saturated carbocycles. The molecule has 14 heavy (non-hydrogen) atoms. The fourth-order valence-corrected chi connectivity index (χ4v) is 2.06. The predicted molar refractivity (Wildman–Crippen MR) is 57.3 cm³/mol. The number of anilines is 1. The number of nitrogens with zero attached hydrogens (tertiary/aromatic N) is 1. The van der Waals surface area contributed by atoms with E-state index in [1.807, 2.05) is 12.4 Å². The Morgan fingerprint density at radius 1 is 1.71 bits per heavy atom. The molecule has 2 atom stereocenters. The second kappa shape index (κ2) is 4.46. The second-order valence-corrected chi connectivity index (χ2v) is 4.06. The SMILES string of the molecule is CC(CC1CCCN1)Nc1cn[nH]c1. The Balaban J connectivity index is 1.75. The maximum atomic E-state index is 3.90. The molecule has 0 bridgehead atoms. The molecule has 0 aliphatic carbocycles. The van der Waals surface area contributed by atoms with Crippen molar-refractivity contribution >= 4 is 5.69 Å². The van der Waals surface area contributed by atoms with Crippen LogP contribution in [0.1, 0.15) is 26.2 Å². The zero-order valence-electron chi connectivity index (χ0n) is 8.59. The van der Waals surface area contributed by atoms with E-state index in [0.717, 1.165) is 5.69 Å². The summed E-state index contributed by atoms with van der Waals surface area (Å²) in [5.74, 6) is 0. The van der Waals surface area contributed by atoms with Gasteiger partial charge in [0.05, 0.1) is 11.9 Å². The summed E-state index contributed by atoms with van der Waals surface area (Å²) in [7, 11) is 0. The first-order chi connectivity index (χ1) is 6.84. The zero-order chi connectivity index (χ0) is 9.80. The molecule has 0 amide bonds. The highest BCUT2D eigenvalue weighted by atomic mass is 15.1. The van der Waals surface area contributed by atoms with Gasteiger partial charge in [0.1, 0.15) is 0 Å². The summed E-state index contributed by atoms with van der Waals surface area (Å²) in [6.07, 6.45) is 7.53. The highest BCUT2D eigenvalue weighted by Crippen LogP contribution is 2.13. The van der Waals surface area contributed by atoms with Gasteiger partial charge < -0.3 is 10.6 Å². The number of hydrogen-bond donors (Lipinski definition) is 3. The van der Waals surface area contributed by atoms with Crippen molar-refractivity contribution in [2.75, 3.05) is 11.9 Å². The van der Waals surface area contributed by atoms with Gasteiger partial charge in [-0.1, -0.05) is 0 Å². The summed E-state index contributed by atoms with van der Waals surface area (Å²) in [6.45, 7) is 3.40. The van der Waals surface area contributed by atoms with Crippen LogP contribution >= 0.6 is 0 Å². The molecule has 1 aromatic heterocycles. The van der Waals surface area contributed by atoms with Gasteiger partial charge in [0.15, 0.2) is 0 Å². The molecule has 0 aromatic carbocycles. The number of rotatable bonds is 4. The van der Waals surface area contributed by atoms with Crippen LogP contribution in [0.2, 0.25) is 0 Å².